The van der Waals surface area contributed by atoms with Crippen LogP contribution in [-0.4, -0.2) is 45.9 Å². The highest BCUT2D eigenvalue weighted by atomic mass is 16.5. The molecule has 2 aliphatic rings. The molecular formula is C18H19N5O3. The summed E-state index contributed by atoms with van der Waals surface area (Å²) in [6, 6.07) is 7.72. The Morgan fingerprint density at radius 3 is 2.69 bits per heavy atom. The molecule has 0 fully saturated rings. The van der Waals surface area contributed by atoms with Gasteiger partial charge in [0, 0.05) is 37.9 Å². The van der Waals surface area contributed by atoms with E-state index in [1.54, 1.807) is 12.0 Å². The van der Waals surface area contributed by atoms with Crippen molar-refractivity contribution >= 4 is 17.5 Å². The predicted octanol–water partition coefficient (Wildman–Crippen LogP) is 1.03. The molecule has 1 aromatic carbocycles. The van der Waals surface area contributed by atoms with Crippen molar-refractivity contribution in [2.24, 2.45) is 5.10 Å². The van der Waals surface area contributed by atoms with Crippen LogP contribution in [0.15, 0.2) is 35.6 Å². The van der Waals surface area contributed by atoms with Crippen molar-refractivity contribution in [1.29, 1.82) is 0 Å². The number of methoxy groups -OCH3 is 1. The number of nitrogens with one attached hydrogen (secondary N) is 1. The Labute approximate surface area is 150 Å². The first-order valence-corrected chi connectivity index (χ1v) is 8.50. The molecule has 8 nitrogen and oxygen atoms in total. The van der Waals surface area contributed by atoms with Gasteiger partial charge in [-0.2, -0.15) is 10.2 Å². The highest BCUT2D eigenvalue weighted by Crippen LogP contribution is 2.23. The second-order valence-corrected chi connectivity index (χ2v) is 6.30. The molecule has 26 heavy (non-hydrogen) atoms. The summed E-state index contributed by atoms with van der Waals surface area (Å²) < 4.78 is 7.10. The summed E-state index contributed by atoms with van der Waals surface area (Å²) in [4.78, 5) is 25.6. The van der Waals surface area contributed by atoms with Crippen LogP contribution >= 0.6 is 0 Å². The van der Waals surface area contributed by atoms with Gasteiger partial charge in [0.1, 0.15) is 11.5 Å². The van der Waals surface area contributed by atoms with Crippen molar-refractivity contribution in [2.45, 2.75) is 25.8 Å². The van der Waals surface area contributed by atoms with Gasteiger partial charge in [-0.3, -0.25) is 9.59 Å². The zero-order valence-electron chi connectivity index (χ0n) is 14.4. The van der Waals surface area contributed by atoms with Crippen molar-refractivity contribution in [3.63, 3.8) is 0 Å². The molecule has 0 aliphatic carbocycles. The van der Waals surface area contributed by atoms with E-state index in [1.807, 2.05) is 35.1 Å². The Morgan fingerprint density at radius 1 is 1.19 bits per heavy atom. The average molecular weight is 353 g/mol. The van der Waals surface area contributed by atoms with E-state index >= 15 is 0 Å². The molecule has 1 aromatic heterocycles. The molecule has 3 heterocycles. The Morgan fingerprint density at radius 2 is 2.00 bits per heavy atom. The van der Waals surface area contributed by atoms with Gasteiger partial charge in [-0.15, -0.1) is 0 Å². The summed E-state index contributed by atoms with van der Waals surface area (Å²) in [5, 5.41) is 8.39. The number of ether oxygens (including phenoxy) is 1. The van der Waals surface area contributed by atoms with Gasteiger partial charge in [-0.25, -0.2) is 10.1 Å². The van der Waals surface area contributed by atoms with Crippen LogP contribution in [0.4, 0.5) is 0 Å². The van der Waals surface area contributed by atoms with Gasteiger partial charge in [-0.05, 0) is 24.3 Å². The number of nitrogens with zero attached hydrogens (tertiary/aromatic N) is 4. The molecule has 134 valence electrons. The minimum atomic E-state index is -0.150. The van der Waals surface area contributed by atoms with Gasteiger partial charge in [0.15, 0.2) is 0 Å². The van der Waals surface area contributed by atoms with E-state index < -0.39 is 0 Å². The first-order valence-electron chi connectivity index (χ1n) is 8.50. The lowest BCUT2D eigenvalue weighted by Crippen LogP contribution is -2.42. The van der Waals surface area contributed by atoms with Crippen molar-refractivity contribution in [1.82, 2.24) is 20.1 Å². The third kappa shape index (κ3) is 2.94. The van der Waals surface area contributed by atoms with Crippen LogP contribution in [0.2, 0.25) is 0 Å². The van der Waals surface area contributed by atoms with E-state index in [1.165, 1.54) is 0 Å². The fourth-order valence-electron chi connectivity index (χ4n) is 3.26. The molecule has 8 heteroatoms. The third-order valence-electron chi connectivity index (χ3n) is 4.69. The second kappa shape index (κ2) is 6.62. The molecule has 0 unspecified atom stereocenters. The number of hydrogen-bond acceptors (Lipinski definition) is 5. The molecule has 0 saturated carbocycles. The van der Waals surface area contributed by atoms with Crippen LogP contribution in [0.25, 0.3) is 5.69 Å². The zero-order chi connectivity index (χ0) is 18.1. The van der Waals surface area contributed by atoms with E-state index in [9.17, 15) is 9.59 Å². The summed E-state index contributed by atoms with van der Waals surface area (Å²) >= 11 is 0. The number of rotatable bonds is 3. The normalized spacial score (nSPS) is 16.6. The molecule has 0 spiro atoms. The predicted molar refractivity (Wildman–Crippen MR) is 94.0 cm³/mol. The number of benzene rings is 1. The van der Waals surface area contributed by atoms with Crippen LogP contribution < -0.4 is 10.2 Å². The molecule has 0 atom stereocenters. The molecule has 2 amide bonds. The van der Waals surface area contributed by atoms with E-state index in [0.717, 1.165) is 22.7 Å². The van der Waals surface area contributed by atoms with Crippen molar-refractivity contribution < 1.29 is 14.3 Å². The third-order valence-corrected chi connectivity index (χ3v) is 4.69. The summed E-state index contributed by atoms with van der Waals surface area (Å²) in [5.74, 6) is 0.531. The fraction of sp³-hybridized carbons (Fsp3) is 0.333. The number of hydrazone groups is 1. The van der Waals surface area contributed by atoms with Gasteiger partial charge >= 0.3 is 0 Å². The standard InChI is InChI=1S/C18H19N5O3/c1-26-14-4-2-13(3-5-14)23-16-8-9-22(11-12(16)10-19-23)18(25)15-6-7-17(24)21-20-15/h2-5,10H,6-9,11H2,1H3,(H,21,24). The van der Waals surface area contributed by atoms with Crippen LogP contribution in [0.5, 0.6) is 5.75 Å². The number of hydrogen-bond donors (Lipinski definition) is 1. The Hall–Kier alpha value is -3.16. The summed E-state index contributed by atoms with van der Waals surface area (Å²) in [5.41, 5.74) is 5.90. The quantitative estimate of drug-likeness (QED) is 0.893. The van der Waals surface area contributed by atoms with Crippen molar-refractivity contribution in [2.75, 3.05) is 13.7 Å². The highest BCUT2D eigenvalue weighted by molar-refractivity contribution is 6.39. The maximum atomic E-state index is 12.6. The molecular weight excluding hydrogens is 334 g/mol. The first kappa shape index (κ1) is 16.3. The monoisotopic (exact) mass is 353 g/mol. The smallest absolute Gasteiger partial charge is 0.270 e. The van der Waals surface area contributed by atoms with Crippen LogP contribution in [0.3, 0.4) is 0 Å². The largest absolute Gasteiger partial charge is 0.497 e. The lowest BCUT2D eigenvalue weighted by atomic mass is 10.1. The van der Waals surface area contributed by atoms with E-state index in [-0.39, 0.29) is 11.8 Å². The average Bonchev–Trinajstić information content (AvgIpc) is 3.11. The van der Waals surface area contributed by atoms with Gasteiger partial charge in [0.25, 0.3) is 5.91 Å². The zero-order valence-corrected chi connectivity index (χ0v) is 14.4. The molecule has 0 radical (unpaired) electrons. The summed E-state index contributed by atoms with van der Waals surface area (Å²) in [6.07, 6.45) is 3.22. The molecule has 1 N–H and O–H groups in total. The highest BCUT2D eigenvalue weighted by Gasteiger charge is 2.28. The van der Waals surface area contributed by atoms with Crippen LogP contribution in [-0.2, 0) is 22.6 Å². The Bertz CT molecular complexity index is 885. The lowest BCUT2D eigenvalue weighted by molar-refractivity contribution is -0.125. The molecule has 4 rings (SSSR count). The van der Waals surface area contributed by atoms with Gasteiger partial charge in [-0.1, -0.05) is 0 Å². The number of aromatic nitrogens is 2. The van der Waals surface area contributed by atoms with Crippen LogP contribution in [0, 0.1) is 0 Å². The van der Waals surface area contributed by atoms with E-state index in [4.69, 9.17) is 4.74 Å². The number of amides is 2. The second-order valence-electron chi connectivity index (χ2n) is 6.30. The minimum Gasteiger partial charge on any atom is -0.497 e. The SMILES string of the molecule is COc1ccc(-n2ncc3c2CCN(C(=O)C2=NNC(=O)CC2)C3)cc1. The Balaban J connectivity index is 1.52. The van der Waals surface area contributed by atoms with Crippen molar-refractivity contribution in [3.8, 4) is 11.4 Å². The molecule has 0 saturated heterocycles. The molecule has 2 aliphatic heterocycles. The van der Waals surface area contributed by atoms with E-state index in [0.29, 0.717) is 38.1 Å². The van der Waals surface area contributed by atoms with Crippen molar-refractivity contribution in [3.05, 3.63) is 41.7 Å². The minimum absolute atomic E-state index is 0.118. The number of carbonyl (C=O) groups is 2. The van der Waals surface area contributed by atoms with Gasteiger partial charge in [0.2, 0.25) is 5.91 Å². The molecule has 0 bridgehead atoms. The number of fused-ring (bicyclic) bond motifs is 1. The summed E-state index contributed by atoms with van der Waals surface area (Å²) in [7, 11) is 1.64. The maximum Gasteiger partial charge on any atom is 0.270 e. The Kier molecular flexibility index (Phi) is 4.16. The molecule has 2 aromatic rings. The van der Waals surface area contributed by atoms with E-state index in [2.05, 4.69) is 15.6 Å². The number of carbonyl (C=O) groups excluding carboxylic acids is 2. The maximum absolute atomic E-state index is 12.6. The van der Waals surface area contributed by atoms with Gasteiger partial charge < -0.3 is 9.64 Å². The lowest BCUT2D eigenvalue weighted by Gasteiger charge is -2.28. The topological polar surface area (TPSA) is 88.8 Å². The fourth-order valence-corrected chi connectivity index (χ4v) is 3.26. The first-order chi connectivity index (χ1) is 12.7. The van der Waals surface area contributed by atoms with Crippen LogP contribution in [0.1, 0.15) is 24.1 Å². The van der Waals surface area contributed by atoms with Gasteiger partial charge in [0.05, 0.1) is 24.7 Å². The summed E-state index contributed by atoms with van der Waals surface area (Å²) in [6.45, 7) is 1.10.